The summed E-state index contributed by atoms with van der Waals surface area (Å²) in [5.74, 6) is 1.46. The molecule has 2 amide bonds. The van der Waals surface area contributed by atoms with E-state index in [2.05, 4.69) is 5.32 Å². The minimum Gasteiger partial charge on any atom is -0.493 e. The fourth-order valence-corrected chi connectivity index (χ4v) is 2.40. The zero-order valence-corrected chi connectivity index (χ0v) is 12.4. The number of ether oxygens (including phenoxy) is 2. The molecule has 110 valence electrons. The van der Waals surface area contributed by atoms with E-state index in [9.17, 15) is 4.79 Å². The molecular formula is C15H22N2O3. The molecule has 5 nitrogen and oxygen atoms in total. The first-order chi connectivity index (χ1) is 9.69. The summed E-state index contributed by atoms with van der Waals surface area (Å²) < 4.78 is 10.6. The molecule has 2 rings (SSSR count). The van der Waals surface area contributed by atoms with Gasteiger partial charge in [-0.25, -0.2) is 4.79 Å². The maximum Gasteiger partial charge on any atom is 0.317 e. The van der Waals surface area contributed by atoms with E-state index in [1.54, 1.807) is 14.2 Å². The van der Waals surface area contributed by atoms with Crippen molar-refractivity contribution in [2.45, 2.75) is 26.3 Å². The van der Waals surface area contributed by atoms with E-state index in [-0.39, 0.29) is 6.03 Å². The highest BCUT2D eigenvalue weighted by molar-refractivity contribution is 5.74. The fourth-order valence-electron chi connectivity index (χ4n) is 2.40. The number of benzene rings is 1. The van der Waals surface area contributed by atoms with Crippen LogP contribution in [0.15, 0.2) is 12.1 Å². The third-order valence-corrected chi connectivity index (χ3v) is 3.53. The summed E-state index contributed by atoms with van der Waals surface area (Å²) in [5, 5.41) is 2.92. The van der Waals surface area contributed by atoms with Gasteiger partial charge in [-0.15, -0.1) is 0 Å². The van der Waals surface area contributed by atoms with E-state index in [1.165, 1.54) is 5.56 Å². The molecule has 1 aliphatic rings. The minimum atomic E-state index is 0.00675. The van der Waals surface area contributed by atoms with Crippen molar-refractivity contribution < 1.29 is 14.3 Å². The lowest BCUT2D eigenvalue weighted by molar-refractivity contribution is 0.192. The third kappa shape index (κ3) is 2.98. The molecule has 0 aliphatic carbocycles. The number of fused-ring (bicyclic) bond motifs is 1. The third-order valence-electron chi connectivity index (χ3n) is 3.53. The molecule has 0 bridgehead atoms. The van der Waals surface area contributed by atoms with E-state index < -0.39 is 0 Å². The van der Waals surface area contributed by atoms with Crippen molar-refractivity contribution in [3.8, 4) is 11.5 Å². The molecule has 1 heterocycles. The Kier molecular flexibility index (Phi) is 4.71. The lowest BCUT2D eigenvalue weighted by Gasteiger charge is -2.29. The Morgan fingerprint density at radius 2 is 1.90 bits per heavy atom. The van der Waals surface area contributed by atoms with E-state index >= 15 is 0 Å². The van der Waals surface area contributed by atoms with E-state index in [0.717, 1.165) is 30.7 Å². The number of hydrogen-bond donors (Lipinski definition) is 1. The lowest BCUT2D eigenvalue weighted by atomic mass is 9.99. The number of rotatable bonds is 4. The van der Waals surface area contributed by atoms with Crippen LogP contribution in [0.25, 0.3) is 0 Å². The number of carbonyl (C=O) groups excluding carboxylic acids is 1. The summed E-state index contributed by atoms with van der Waals surface area (Å²) in [7, 11) is 3.26. The Morgan fingerprint density at radius 3 is 2.50 bits per heavy atom. The molecule has 0 aromatic heterocycles. The first-order valence-corrected chi connectivity index (χ1v) is 6.96. The number of amides is 2. The van der Waals surface area contributed by atoms with Gasteiger partial charge in [-0.3, -0.25) is 0 Å². The van der Waals surface area contributed by atoms with Gasteiger partial charge in [-0.1, -0.05) is 6.92 Å². The average molecular weight is 278 g/mol. The van der Waals surface area contributed by atoms with Crippen molar-refractivity contribution in [2.75, 3.05) is 27.3 Å². The molecule has 1 N–H and O–H groups in total. The van der Waals surface area contributed by atoms with Gasteiger partial charge in [0.1, 0.15) is 0 Å². The van der Waals surface area contributed by atoms with Gasteiger partial charge in [0.25, 0.3) is 0 Å². The minimum absolute atomic E-state index is 0.00675. The first kappa shape index (κ1) is 14.5. The SMILES string of the molecule is CCCNC(=O)N1CCc2cc(OC)c(OC)cc2C1. The molecule has 1 aromatic carbocycles. The standard InChI is InChI=1S/C15H22N2O3/c1-4-6-16-15(18)17-7-5-11-8-13(19-2)14(20-3)9-12(11)10-17/h8-9H,4-7,10H2,1-3H3,(H,16,18). The van der Waals surface area contributed by atoms with E-state index in [4.69, 9.17) is 9.47 Å². The second-order valence-corrected chi connectivity index (χ2v) is 4.88. The molecule has 0 saturated heterocycles. The number of urea groups is 1. The summed E-state index contributed by atoms with van der Waals surface area (Å²) in [6, 6.07) is 3.98. The topological polar surface area (TPSA) is 50.8 Å². The van der Waals surface area contributed by atoms with Gasteiger partial charge in [0.15, 0.2) is 11.5 Å². The van der Waals surface area contributed by atoms with Crippen LogP contribution >= 0.6 is 0 Å². The van der Waals surface area contributed by atoms with Crippen molar-refractivity contribution in [1.29, 1.82) is 0 Å². The van der Waals surface area contributed by atoms with Crippen LogP contribution in [-0.2, 0) is 13.0 Å². The van der Waals surface area contributed by atoms with Gasteiger partial charge < -0.3 is 19.7 Å². The van der Waals surface area contributed by atoms with Gasteiger partial charge in [-0.05, 0) is 36.1 Å². The number of methoxy groups -OCH3 is 2. The Balaban J connectivity index is 2.15. The highest BCUT2D eigenvalue weighted by Crippen LogP contribution is 2.33. The average Bonchev–Trinajstić information content (AvgIpc) is 2.50. The summed E-state index contributed by atoms with van der Waals surface area (Å²) in [6.07, 6.45) is 1.79. The van der Waals surface area contributed by atoms with Crippen LogP contribution in [0.3, 0.4) is 0 Å². The largest absolute Gasteiger partial charge is 0.493 e. The van der Waals surface area contributed by atoms with Crippen LogP contribution in [0, 0.1) is 0 Å². The Hall–Kier alpha value is -1.91. The number of nitrogens with zero attached hydrogens (tertiary/aromatic N) is 1. The monoisotopic (exact) mass is 278 g/mol. The highest BCUT2D eigenvalue weighted by atomic mass is 16.5. The van der Waals surface area contributed by atoms with Gasteiger partial charge in [0, 0.05) is 19.6 Å². The number of carbonyl (C=O) groups is 1. The molecule has 0 unspecified atom stereocenters. The van der Waals surface area contributed by atoms with Crippen LogP contribution < -0.4 is 14.8 Å². The van der Waals surface area contributed by atoms with Crippen LogP contribution in [0.2, 0.25) is 0 Å². The second kappa shape index (κ2) is 6.50. The summed E-state index contributed by atoms with van der Waals surface area (Å²) in [4.78, 5) is 13.8. The molecule has 1 aromatic rings. The van der Waals surface area contributed by atoms with Crippen molar-refractivity contribution >= 4 is 6.03 Å². The van der Waals surface area contributed by atoms with E-state index in [0.29, 0.717) is 18.8 Å². The van der Waals surface area contributed by atoms with Crippen LogP contribution in [0.4, 0.5) is 4.79 Å². The van der Waals surface area contributed by atoms with Crippen LogP contribution in [0.1, 0.15) is 24.5 Å². The van der Waals surface area contributed by atoms with Gasteiger partial charge in [0.2, 0.25) is 0 Å². The van der Waals surface area contributed by atoms with Crippen LogP contribution in [-0.4, -0.2) is 38.2 Å². The van der Waals surface area contributed by atoms with Crippen molar-refractivity contribution in [3.63, 3.8) is 0 Å². The maximum absolute atomic E-state index is 12.0. The zero-order valence-electron chi connectivity index (χ0n) is 12.4. The number of nitrogens with one attached hydrogen (secondary N) is 1. The second-order valence-electron chi connectivity index (χ2n) is 4.88. The summed E-state index contributed by atoms with van der Waals surface area (Å²) >= 11 is 0. The molecule has 0 spiro atoms. The highest BCUT2D eigenvalue weighted by Gasteiger charge is 2.22. The predicted molar refractivity (Wildman–Crippen MR) is 77.3 cm³/mol. The summed E-state index contributed by atoms with van der Waals surface area (Å²) in [6.45, 7) is 4.11. The van der Waals surface area contributed by atoms with Crippen molar-refractivity contribution in [3.05, 3.63) is 23.3 Å². The molecule has 0 radical (unpaired) electrons. The van der Waals surface area contributed by atoms with Crippen LogP contribution in [0.5, 0.6) is 11.5 Å². The predicted octanol–water partition coefficient (Wildman–Crippen LogP) is 2.18. The molecule has 1 aliphatic heterocycles. The molecule has 0 saturated carbocycles. The maximum atomic E-state index is 12.0. The summed E-state index contributed by atoms with van der Waals surface area (Å²) in [5.41, 5.74) is 2.35. The van der Waals surface area contributed by atoms with Gasteiger partial charge in [-0.2, -0.15) is 0 Å². The van der Waals surface area contributed by atoms with Gasteiger partial charge >= 0.3 is 6.03 Å². The quantitative estimate of drug-likeness (QED) is 0.918. The zero-order chi connectivity index (χ0) is 14.5. The van der Waals surface area contributed by atoms with Gasteiger partial charge in [0.05, 0.1) is 14.2 Å². The Labute approximate surface area is 119 Å². The molecular weight excluding hydrogens is 256 g/mol. The Bertz CT molecular complexity index is 488. The molecule has 20 heavy (non-hydrogen) atoms. The smallest absolute Gasteiger partial charge is 0.317 e. The normalized spacial score (nSPS) is 13.7. The fraction of sp³-hybridized carbons (Fsp3) is 0.533. The van der Waals surface area contributed by atoms with Crippen molar-refractivity contribution in [1.82, 2.24) is 10.2 Å². The first-order valence-electron chi connectivity index (χ1n) is 6.96. The molecule has 0 fully saturated rings. The Morgan fingerprint density at radius 1 is 1.25 bits per heavy atom. The van der Waals surface area contributed by atoms with E-state index in [1.807, 2.05) is 24.0 Å². The molecule has 5 heteroatoms. The lowest BCUT2D eigenvalue weighted by Crippen LogP contribution is -2.42. The molecule has 0 atom stereocenters. The van der Waals surface area contributed by atoms with Crippen molar-refractivity contribution in [2.24, 2.45) is 0 Å². The number of hydrogen-bond acceptors (Lipinski definition) is 3.